The van der Waals surface area contributed by atoms with Crippen LogP contribution in [0.2, 0.25) is 5.02 Å². The monoisotopic (exact) mass is 595 g/mol. The third kappa shape index (κ3) is 7.46. The molecule has 3 aliphatic heterocycles. The lowest BCUT2D eigenvalue weighted by Crippen LogP contribution is -2.48. The molecule has 1 N–H and O–H groups in total. The van der Waals surface area contributed by atoms with Crippen LogP contribution in [0.1, 0.15) is 93.9 Å². The zero-order valence-electron chi connectivity index (χ0n) is 25.9. The van der Waals surface area contributed by atoms with Gasteiger partial charge in [-0.05, 0) is 138 Å². The van der Waals surface area contributed by atoms with Gasteiger partial charge in [-0.25, -0.2) is 4.39 Å². The minimum Gasteiger partial charge on any atom is -0.307 e. The summed E-state index contributed by atoms with van der Waals surface area (Å²) >= 11 is 6.33. The van der Waals surface area contributed by atoms with Gasteiger partial charge >= 0.3 is 0 Å². The number of nitrogens with one attached hydrogen (secondary N) is 1. The summed E-state index contributed by atoms with van der Waals surface area (Å²) in [5.41, 5.74) is 4.45. The molecule has 0 radical (unpaired) electrons. The summed E-state index contributed by atoms with van der Waals surface area (Å²) in [4.78, 5) is 19.2. The molecule has 230 valence electrons. The van der Waals surface area contributed by atoms with Crippen molar-refractivity contribution in [1.29, 1.82) is 0 Å². The van der Waals surface area contributed by atoms with Gasteiger partial charge in [0.1, 0.15) is 5.82 Å². The Morgan fingerprint density at radius 1 is 1.00 bits per heavy atom. The summed E-state index contributed by atoms with van der Waals surface area (Å²) in [5.74, 6) is -0.358. The molecule has 0 aromatic heterocycles. The SMILES string of the molecule is CCc1ccc(C2(CCN3CCC(N4CCCCC4)CC3)CCCNC(C(=O)Cc3c(F)cccc3Cl)C2)cc1CC. The van der Waals surface area contributed by atoms with Gasteiger partial charge in [0, 0.05) is 23.0 Å². The van der Waals surface area contributed by atoms with E-state index in [2.05, 4.69) is 47.2 Å². The largest absolute Gasteiger partial charge is 0.307 e. The van der Waals surface area contributed by atoms with Crippen LogP contribution in [0, 0.1) is 5.82 Å². The molecule has 0 amide bonds. The molecule has 42 heavy (non-hydrogen) atoms. The van der Waals surface area contributed by atoms with Crippen molar-refractivity contribution in [2.75, 3.05) is 39.3 Å². The van der Waals surface area contributed by atoms with Gasteiger partial charge in [0.05, 0.1) is 6.04 Å². The van der Waals surface area contributed by atoms with Gasteiger partial charge in [-0.1, -0.05) is 56.1 Å². The molecule has 3 heterocycles. The highest BCUT2D eigenvalue weighted by atomic mass is 35.5. The molecule has 0 saturated carbocycles. The quantitative estimate of drug-likeness (QED) is 0.317. The van der Waals surface area contributed by atoms with Gasteiger partial charge in [0.15, 0.2) is 5.78 Å². The average molecular weight is 596 g/mol. The van der Waals surface area contributed by atoms with E-state index in [0.29, 0.717) is 10.6 Å². The zero-order chi connectivity index (χ0) is 29.5. The van der Waals surface area contributed by atoms with Crippen LogP contribution in [-0.4, -0.2) is 66.9 Å². The van der Waals surface area contributed by atoms with Crippen LogP contribution >= 0.6 is 11.6 Å². The highest BCUT2D eigenvalue weighted by Crippen LogP contribution is 2.41. The summed E-state index contributed by atoms with van der Waals surface area (Å²) in [5, 5.41) is 3.89. The van der Waals surface area contributed by atoms with Crippen molar-refractivity contribution in [1.82, 2.24) is 15.1 Å². The number of piperidine rings is 2. The van der Waals surface area contributed by atoms with Crippen LogP contribution in [0.15, 0.2) is 36.4 Å². The van der Waals surface area contributed by atoms with Gasteiger partial charge in [-0.2, -0.15) is 0 Å². The number of hydrogen-bond acceptors (Lipinski definition) is 4. The standard InChI is InChI=1S/C36H51ClFN3O/c1-3-27-12-13-29(24-28(27)4-2)36(17-23-40-21-14-30(15-22-40)41-19-6-5-7-20-41)16-9-18-39-34(26-36)35(42)25-31-32(37)10-8-11-33(31)38/h8,10-13,24,30,34,39H,3-7,9,14-23,25-26H2,1-2H3. The van der Waals surface area contributed by atoms with Crippen LogP contribution in [0.5, 0.6) is 0 Å². The van der Waals surface area contributed by atoms with Crippen molar-refractivity contribution >= 4 is 17.4 Å². The number of likely N-dealkylation sites (tertiary alicyclic amines) is 2. The van der Waals surface area contributed by atoms with E-state index in [1.807, 2.05) is 0 Å². The van der Waals surface area contributed by atoms with Crippen LogP contribution in [0.3, 0.4) is 0 Å². The summed E-state index contributed by atoms with van der Waals surface area (Å²) in [6.07, 6.45) is 12.6. The lowest BCUT2D eigenvalue weighted by molar-refractivity contribution is -0.120. The Balaban J connectivity index is 1.35. The van der Waals surface area contributed by atoms with Crippen molar-refractivity contribution in [3.05, 3.63) is 69.5 Å². The highest BCUT2D eigenvalue weighted by molar-refractivity contribution is 6.31. The van der Waals surface area contributed by atoms with E-state index < -0.39 is 5.82 Å². The molecule has 0 spiro atoms. The van der Waals surface area contributed by atoms with Crippen molar-refractivity contribution in [2.45, 2.75) is 108 Å². The first-order valence-corrected chi connectivity index (χ1v) is 17.1. The van der Waals surface area contributed by atoms with E-state index >= 15 is 0 Å². The van der Waals surface area contributed by atoms with Crippen LogP contribution in [-0.2, 0) is 29.5 Å². The minimum absolute atomic E-state index is 0.0260. The number of nitrogens with zero attached hydrogens (tertiary/aromatic N) is 2. The average Bonchev–Trinajstić information content (AvgIpc) is 3.26. The van der Waals surface area contributed by atoms with E-state index in [9.17, 15) is 9.18 Å². The first kappa shape index (κ1) is 31.6. The van der Waals surface area contributed by atoms with Gasteiger partial charge in [0.2, 0.25) is 0 Å². The Morgan fingerprint density at radius 3 is 2.48 bits per heavy atom. The van der Waals surface area contributed by atoms with Crippen LogP contribution in [0.25, 0.3) is 0 Å². The number of carbonyl (C=O) groups is 1. The third-order valence-corrected chi connectivity index (χ3v) is 10.9. The fraction of sp³-hybridized carbons (Fsp3) is 0.639. The molecule has 0 bridgehead atoms. The van der Waals surface area contributed by atoms with Crippen molar-refractivity contribution < 1.29 is 9.18 Å². The van der Waals surface area contributed by atoms with E-state index in [0.717, 1.165) is 57.7 Å². The third-order valence-electron chi connectivity index (χ3n) is 10.6. The molecule has 3 saturated heterocycles. The van der Waals surface area contributed by atoms with E-state index in [1.165, 1.54) is 81.0 Å². The minimum atomic E-state index is -0.397. The van der Waals surface area contributed by atoms with Gasteiger partial charge in [-0.3, -0.25) is 4.79 Å². The molecular weight excluding hydrogens is 545 g/mol. The number of halogens is 2. The van der Waals surface area contributed by atoms with Gasteiger partial charge in [0.25, 0.3) is 0 Å². The Hall–Kier alpha value is -1.79. The number of aryl methyl sites for hydroxylation is 2. The second-order valence-electron chi connectivity index (χ2n) is 13.0. The zero-order valence-corrected chi connectivity index (χ0v) is 26.7. The van der Waals surface area contributed by atoms with E-state index in [1.54, 1.807) is 12.1 Å². The number of benzene rings is 2. The molecular formula is C36H51ClFN3O. The van der Waals surface area contributed by atoms with Crippen LogP contribution in [0.4, 0.5) is 4.39 Å². The number of rotatable bonds is 10. The van der Waals surface area contributed by atoms with E-state index in [-0.39, 0.29) is 23.7 Å². The molecule has 2 unspecified atom stereocenters. The maximum absolute atomic E-state index is 14.6. The first-order chi connectivity index (χ1) is 20.4. The molecule has 2 aromatic rings. The maximum Gasteiger partial charge on any atom is 0.154 e. The summed E-state index contributed by atoms with van der Waals surface area (Å²) < 4.78 is 14.6. The van der Waals surface area contributed by atoms with Crippen molar-refractivity contribution in [2.24, 2.45) is 0 Å². The van der Waals surface area contributed by atoms with Crippen LogP contribution < -0.4 is 5.32 Å². The molecule has 3 fully saturated rings. The summed E-state index contributed by atoms with van der Waals surface area (Å²) in [6.45, 7) is 11.2. The van der Waals surface area contributed by atoms with E-state index in [4.69, 9.17) is 11.6 Å². The molecule has 2 atom stereocenters. The second-order valence-corrected chi connectivity index (χ2v) is 13.5. The lowest BCUT2D eigenvalue weighted by Gasteiger charge is -2.42. The predicted molar refractivity (Wildman–Crippen MR) is 172 cm³/mol. The van der Waals surface area contributed by atoms with Gasteiger partial charge in [-0.15, -0.1) is 0 Å². The Morgan fingerprint density at radius 2 is 1.76 bits per heavy atom. The molecule has 3 aliphatic rings. The Bertz CT molecular complexity index is 1170. The smallest absolute Gasteiger partial charge is 0.154 e. The number of hydrogen-bond donors (Lipinski definition) is 1. The predicted octanol–water partition coefficient (Wildman–Crippen LogP) is 7.14. The molecule has 0 aliphatic carbocycles. The number of carbonyl (C=O) groups excluding carboxylic acids is 1. The number of Topliss-reactive ketones (excluding diaryl/α,β-unsaturated/α-hetero) is 1. The second kappa shape index (κ2) is 14.8. The van der Waals surface area contributed by atoms with Gasteiger partial charge < -0.3 is 15.1 Å². The molecule has 2 aromatic carbocycles. The van der Waals surface area contributed by atoms with Crippen molar-refractivity contribution in [3.63, 3.8) is 0 Å². The topological polar surface area (TPSA) is 35.6 Å². The fourth-order valence-corrected chi connectivity index (χ4v) is 8.15. The van der Waals surface area contributed by atoms with Crippen molar-refractivity contribution in [3.8, 4) is 0 Å². The fourth-order valence-electron chi connectivity index (χ4n) is 7.92. The Labute approximate surface area is 258 Å². The summed E-state index contributed by atoms with van der Waals surface area (Å²) in [7, 11) is 0. The first-order valence-electron chi connectivity index (χ1n) is 16.7. The molecule has 6 heteroatoms. The molecule has 4 nitrogen and oxygen atoms in total. The highest BCUT2D eigenvalue weighted by Gasteiger charge is 2.39. The molecule has 5 rings (SSSR count). The maximum atomic E-state index is 14.6. The lowest BCUT2D eigenvalue weighted by atomic mass is 9.69. The Kier molecular flexibility index (Phi) is 11.1. The number of ketones is 1. The summed E-state index contributed by atoms with van der Waals surface area (Å²) in [6, 6.07) is 12.2. The normalized spacial score (nSPS) is 24.9.